The van der Waals surface area contributed by atoms with Crippen molar-refractivity contribution in [3.63, 3.8) is 0 Å². The molecule has 0 radical (unpaired) electrons. The summed E-state index contributed by atoms with van der Waals surface area (Å²) < 4.78 is 13.6. The van der Waals surface area contributed by atoms with E-state index in [1.54, 1.807) is 12.3 Å². The van der Waals surface area contributed by atoms with E-state index >= 15 is 0 Å². The number of hydrogen-bond donors (Lipinski definition) is 2. The maximum absolute atomic E-state index is 13.6. The molecular formula is C23H15FN6S. The Labute approximate surface area is 179 Å². The van der Waals surface area contributed by atoms with E-state index in [1.165, 1.54) is 6.07 Å². The van der Waals surface area contributed by atoms with Gasteiger partial charge < -0.3 is 4.98 Å². The van der Waals surface area contributed by atoms with Gasteiger partial charge in [0.1, 0.15) is 5.52 Å². The summed E-state index contributed by atoms with van der Waals surface area (Å²) in [6.45, 7) is 2.04. The van der Waals surface area contributed by atoms with E-state index < -0.39 is 0 Å². The smallest absolute Gasteiger partial charge is 0.176 e. The minimum atomic E-state index is -0.219. The minimum absolute atomic E-state index is 0.219. The largest absolute Gasteiger partial charge is 0.336 e. The fraction of sp³-hybridized carbons (Fsp3) is 0.0435. The standard InChI is InChI=1S/C23H15FN6S/c1-12-9-10-25-11-14(12)15-5-6-17-21(26-15)22(30-29-17)23-27-16-4-2-3-13(20(16)28-23)18-7-8-19(24)31-18/h2-11H,1H3,(H,27,28)(H,29,30). The summed E-state index contributed by atoms with van der Waals surface area (Å²) >= 11 is 1.11. The maximum atomic E-state index is 13.6. The van der Waals surface area contributed by atoms with Gasteiger partial charge in [-0.25, -0.2) is 9.97 Å². The lowest BCUT2D eigenvalue weighted by Gasteiger charge is -2.04. The van der Waals surface area contributed by atoms with Crippen LogP contribution in [-0.4, -0.2) is 30.1 Å². The number of nitrogens with one attached hydrogen (secondary N) is 2. The molecular weight excluding hydrogens is 411 g/mol. The molecule has 6 aromatic rings. The average Bonchev–Trinajstić information content (AvgIpc) is 3.50. The monoisotopic (exact) mass is 426 g/mol. The molecule has 2 N–H and O–H groups in total. The zero-order valence-corrected chi connectivity index (χ0v) is 17.2. The van der Waals surface area contributed by atoms with Gasteiger partial charge in [0.15, 0.2) is 16.6 Å². The molecule has 0 aliphatic heterocycles. The van der Waals surface area contributed by atoms with Gasteiger partial charge in [0.2, 0.25) is 0 Å². The van der Waals surface area contributed by atoms with Crippen molar-refractivity contribution >= 4 is 33.4 Å². The van der Waals surface area contributed by atoms with Gasteiger partial charge in [-0.3, -0.25) is 10.1 Å². The Morgan fingerprint density at radius 3 is 2.68 bits per heavy atom. The van der Waals surface area contributed by atoms with Crippen molar-refractivity contribution in [3.8, 4) is 33.2 Å². The van der Waals surface area contributed by atoms with Crippen molar-refractivity contribution in [2.24, 2.45) is 0 Å². The SMILES string of the molecule is Cc1ccncc1-c1ccc2[nH]nc(-c3nc4c(-c5ccc(F)s5)cccc4[nH]3)c2n1. The number of aromatic nitrogens is 6. The molecule has 0 spiro atoms. The number of imidazole rings is 1. The topological polar surface area (TPSA) is 83.1 Å². The zero-order chi connectivity index (χ0) is 20.9. The molecule has 0 aliphatic rings. The number of nitrogens with zero attached hydrogens (tertiary/aromatic N) is 4. The van der Waals surface area contributed by atoms with Gasteiger partial charge in [0.25, 0.3) is 0 Å². The zero-order valence-electron chi connectivity index (χ0n) is 16.3. The minimum Gasteiger partial charge on any atom is -0.336 e. The van der Waals surface area contributed by atoms with Crippen LogP contribution in [0.1, 0.15) is 5.56 Å². The van der Waals surface area contributed by atoms with Crippen molar-refractivity contribution < 1.29 is 4.39 Å². The van der Waals surface area contributed by atoms with E-state index in [2.05, 4.69) is 20.2 Å². The molecule has 0 atom stereocenters. The molecule has 0 amide bonds. The molecule has 1 aromatic carbocycles. The van der Waals surface area contributed by atoms with E-state index in [9.17, 15) is 4.39 Å². The van der Waals surface area contributed by atoms with Gasteiger partial charge in [-0.1, -0.05) is 12.1 Å². The lowest BCUT2D eigenvalue weighted by molar-refractivity contribution is 0.657. The van der Waals surface area contributed by atoms with Crippen molar-refractivity contribution in [2.75, 3.05) is 0 Å². The summed E-state index contributed by atoms with van der Waals surface area (Å²) in [5.41, 5.74) is 7.60. The molecule has 150 valence electrons. The fourth-order valence-corrected chi connectivity index (χ4v) is 4.51. The third kappa shape index (κ3) is 2.91. The first kappa shape index (κ1) is 17.9. The van der Waals surface area contributed by atoms with E-state index in [1.807, 2.05) is 49.5 Å². The van der Waals surface area contributed by atoms with Crippen LogP contribution in [0.2, 0.25) is 0 Å². The summed E-state index contributed by atoms with van der Waals surface area (Å²) in [4.78, 5) is 18.1. The van der Waals surface area contributed by atoms with Gasteiger partial charge in [-0.15, -0.1) is 11.3 Å². The molecule has 31 heavy (non-hydrogen) atoms. The first-order valence-electron chi connectivity index (χ1n) is 9.68. The predicted molar refractivity (Wildman–Crippen MR) is 120 cm³/mol. The molecule has 0 unspecified atom stereocenters. The Morgan fingerprint density at radius 1 is 0.903 bits per heavy atom. The Bertz CT molecular complexity index is 1580. The Kier molecular flexibility index (Phi) is 3.94. The number of halogens is 1. The Morgan fingerprint density at radius 2 is 1.84 bits per heavy atom. The molecule has 0 bridgehead atoms. The van der Waals surface area contributed by atoms with Crippen LogP contribution in [0, 0.1) is 12.1 Å². The highest BCUT2D eigenvalue weighted by Gasteiger charge is 2.17. The molecule has 0 saturated carbocycles. The van der Waals surface area contributed by atoms with Crippen molar-refractivity contribution in [1.82, 2.24) is 30.1 Å². The van der Waals surface area contributed by atoms with Crippen LogP contribution in [-0.2, 0) is 0 Å². The summed E-state index contributed by atoms with van der Waals surface area (Å²) in [6.07, 6.45) is 3.59. The molecule has 0 aliphatic carbocycles. The number of aromatic amines is 2. The van der Waals surface area contributed by atoms with E-state index in [0.717, 1.165) is 60.7 Å². The average molecular weight is 426 g/mol. The van der Waals surface area contributed by atoms with Gasteiger partial charge in [-0.2, -0.15) is 9.49 Å². The number of H-pyrrole nitrogens is 2. The third-order valence-electron chi connectivity index (χ3n) is 5.30. The first-order chi connectivity index (χ1) is 15.2. The molecule has 5 aromatic heterocycles. The summed E-state index contributed by atoms with van der Waals surface area (Å²) in [5.74, 6) is 0.610. The molecule has 6 nitrogen and oxygen atoms in total. The van der Waals surface area contributed by atoms with Gasteiger partial charge in [-0.05, 0) is 48.9 Å². The maximum Gasteiger partial charge on any atom is 0.176 e. The number of aryl methyl sites for hydroxylation is 1. The van der Waals surface area contributed by atoms with Crippen LogP contribution in [0.15, 0.2) is 60.9 Å². The number of pyridine rings is 2. The predicted octanol–water partition coefficient (Wildman–Crippen LogP) is 5.74. The Hall–Kier alpha value is -3.91. The first-order valence-corrected chi connectivity index (χ1v) is 10.5. The van der Waals surface area contributed by atoms with E-state index in [4.69, 9.17) is 9.97 Å². The summed E-state index contributed by atoms with van der Waals surface area (Å²) in [6, 6.07) is 15.0. The normalized spacial score (nSPS) is 11.5. The van der Waals surface area contributed by atoms with Crippen molar-refractivity contribution in [3.05, 3.63) is 71.6 Å². The number of hydrogen-bond acceptors (Lipinski definition) is 5. The molecule has 5 heterocycles. The van der Waals surface area contributed by atoms with Gasteiger partial charge in [0.05, 0.1) is 22.2 Å². The quantitative estimate of drug-likeness (QED) is 0.378. The van der Waals surface area contributed by atoms with Crippen LogP contribution in [0.3, 0.4) is 0 Å². The van der Waals surface area contributed by atoms with Gasteiger partial charge in [0, 0.05) is 28.4 Å². The third-order valence-corrected chi connectivity index (χ3v) is 6.21. The lowest BCUT2D eigenvalue weighted by Crippen LogP contribution is -1.90. The highest BCUT2D eigenvalue weighted by atomic mass is 32.1. The molecule has 8 heteroatoms. The van der Waals surface area contributed by atoms with Crippen LogP contribution in [0.5, 0.6) is 0 Å². The molecule has 0 saturated heterocycles. The second-order valence-electron chi connectivity index (χ2n) is 7.25. The number of fused-ring (bicyclic) bond motifs is 2. The van der Waals surface area contributed by atoms with Crippen LogP contribution < -0.4 is 0 Å². The van der Waals surface area contributed by atoms with Crippen molar-refractivity contribution in [1.29, 1.82) is 0 Å². The molecule has 0 fully saturated rings. The van der Waals surface area contributed by atoms with E-state index in [0.29, 0.717) is 11.5 Å². The second-order valence-corrected chi connectivity index (χ2v) is 8.28. The molecule has 6 rings (SSSR count). The number of thiophene rings is 1. The highest BCUT2D eigenvalue weighted by molar-refractivity contribution is 7.14. The summed E-state index contributed by atoms with van der Waals surface area (Å²) in [5, 5.41) is 7.29. The van der Waals surface area contributed by atoms with Crippen LogP contribution in [0.25, 0.3) is 55.3 Å². The van der Waals surface area contributed by atoms with Crippen LogP contribution >= 0.6 is 11.3 Å². The number of para-hydroxylation sites is 1. The number of rotatable bonds is 3. The lowest BCUT2D eigenvalue weighted by atomic mass is 10.1. The van der Waals surface area contributed by atoms with Crippen LogP contribution in [0.4, 0.5) is 4.39 Å². The summed E-state index contributed by atoms with van der Waals surface area (Å²) in [7, 11) is 0. The Balaban J connectivity index is 1.52. The van der Waals surface area contributed by atoms with Gasteiger partial charge >= 0.3 is 0 Å². The second kappa shape index (κ2) is 6.82. The number of benzene rings is 1. The highest BCUT2D eigenvalue weighted by Crippen LogP contribution is 2.34. The van der Waals surface area contributed by atoms with E-state index in [-0.39, 0.29) is 5.13 Å². The fourth-order valence-electron chi connectivity index (χ4n) is 3.75. The van der Waals surface area contributed by atoms with Crippen molar-refractivity contribution in [2.45, 2.75) is 6.92 Å².